The fourth-order valence-electron chi connectivity index (χ4n) is 2.77. The second-order valence-corrected chi connectivity index (χ2v) is 8.21. The lowest BCUT2D eigenvalue weighted by molar-refractivity contribution is 0.309. The van der Waals surface area contributed by atoms with Crippen LogP contribution in [0.1, 0.15) is 12.8 Å². The van der Waals surface area contributed by atoms with Gasteiger partial charge in [0.2, 0.25) is 0 Å². The maximum absolute atomic E-state index is 14.2. The van der Waals surface area contributed by atoms with Gasteiger partial charge >= 0.3 is 10.2 Å². The van der Waals surface area contributed by atoms with Crippen molar-refractivity contribution >= 4 is 44.6 Å². The van der Waals surface area contributed by atoms with Crippen molar-refractivity contribution in [2.45, 2.75) is 12.8 Å². The van der Waals surface area contributed by atoms with Crippen LogP contribution in [0.25, 0.3) is 0 Å². The van der Waals surface area contributed by atoms with Crippen LogP contribution < -0.4 is 10.0 Å². The number of benzene rings is 2. The van der Waals surface area contributed by atoms with Gasteiger partial charge in [-0.3, -0.25) is 4.72 Å². The normalized spacial score (nSPS) is 16.9. The Labute approximate surface area is 165 Å². The van der Waals surface area contributed by atoms with Gasteiger partial charge in [0.15, 0.2) is 11.6 Å². The van der Waals surface area contributed by atoms with Gasteiger partial charge in [-0.1, -0.05) is 28.9 Å². The molecule has 0 aromatic heterocycles. The van der Waals surface area contributed by atoms with E-state index in [1.54, 1.807) is 24.3 Å². The van der Waals surface area contributed by atoms with Gasteiger partial charge in [-0.15, -0.1) is 0 Å². The van der Waals surface area contributed by atoms with Crippen LogP contribution in [-0.4, -0.2) is 36.7 Å². The molecule has 3 rings (SSSR count). The Bertz CT molecular complexity index is 1020. The number of anilines is 3. The number of piperidine rings is 1. The van der Waals surface area contributed by atoms with Crippen LogP contribution >= 0.6 is 11.6 Å². The minimum Gasteiger partial charge on any atom is -0.411 e. The fraction of sp³-hybridized carbons (Fsp3) is 0.235. The predicted molar refractivity (Wildman–Crippen MR) is 104 cm³/mol. The first-order valence-corrected chi connectivity index (χ1v) is 10.1. The smallest absolute Gasteiger partial charge is 0.301 e. The number of para-hydroxylation sites is 1. The number of halogens is 3. The molecule has 2 aromatic rings. The average molecular weight is 431 g/mol. The van der Waals surface area contributed by atoms with Gasteiger partial charge in [-0.05, 0) is 31.0 Å². The summed E-state index contributed by atoms with van der Waals surface area (Å²) in [6.45, 7) is 0.128. The van der Waals surface area contributed by atoms with Gasteiger partial charge in [0, 0.05) is 12.6 Å². The molecule has 3 N–H and O–H groups in total. The summed E-state index contributed by atoms with van der Waals surface area (Å²) in [6.07, 6.45) is 0.969. The highest BCUT2D eigenvalue weighted by Gasteiger charge is 2.27. The minimum absolute atomic E-state index is 0.0831. The van der Waals surface area contributed by atoms with E-state index in [1.807, 2.05) is 0 Å². The molecule has 0 aliphatic carbocycles. The van der Waals surface area contributed by atoms with Gasteiger partial charge < -0.3 is 10.5 Å². The molecule has 7 nitrogen and oxygen atoms in total. The molecule has 0 atom stereocenters. The molecule has 1 heterocycles. The van der Waals surface area contributed by atoms with Gasteiger partial charge in [0.25, 0.3) is 0 Å². The molecule has 1 fully saturated rings. The van der Waals surface area contributed by atoms with Crippen LogP contribution in [0, 0.1) is 11.6 Å². The van der Waals surface area contributed by atoms with Crippen molar-refractivity contribution in [1.82, 2.24) is 4.31 Å². The highest BCUT2D eigenvalue weighted by Crippen LogP contribution is 2.30. The third kappa shape index (κ3) is 4.51. The van der Waals surface area contributed by atoms with Crippen molar-refractivity contribution in [2.75, 3.05) is 23.1 Å². The molecule has 0 bridgehead atoms. The Hall–Kier alpha value is -2.43. The Morgan fingerprint density at radius 3 is 2.64 bits per heavy atom. The molecule has 0 amide bonds. The van der Waals surface area contributed by atoms with Crippen molar-refractivity contribution in [3.63, 3.8) is 0 Å². The number of hydrogen-bond acceptors (Lipinski definition) is 5. The zero-order chi connectivity index (χ0) is 20.3. The zero-order valence-electron chi connectivity index (χ0n) is 14.5. The Kier molecular flexibility index (Phi) is 6.01. The van der Waals surface area contributed by atoms with Crippen LogP contribution in [0.2, 0.25) is 5.02 Å². The molecule has 150 valence electrons. The Morgan fingerprint density at radius 1 is 1.18 bits per heavy atom. The maximum atomic E-state index is 14.2. The van der Waals surface area contributed by atoms with E-state index in [0.717, 1.165) is 16.4 Å². The first-order valence-electron chi connectivity index (χ1n) is 8.28. The topological polar surface area (TPSA) is 94.0 Å². The van der Waals surface area contributed by atoms with E-state index in [2.05, 4.69) is 15.2 Å². The largest absolute Gasteiger partial charge is 0.411 e. The molecule has 0 unspecified atom stereocenters. The van der Waals surface area contributed by atoms with Crippen LogP contribution in [0.3, 0.4) is 0 Å². The number of nitrogens with zero attached hydrogens (tertiary/aromatic N) is 2. The standard InChI is InChI=1S/C17H17ClF2N4O3S/c18-13-5-1-2-6-15(13)21-16-9-12(8-14(19)17(16)20)23-28(26,27)24-7-3-4-11(10-24)22-25/h1-2,5-6,8-9,21,23,25H,3-4,7,10H2/b22-11+. The second kappa shape index (κ2) is 8.29. The van der Waals surface area contributed by atoms with E-state index < -0.39 is 21.8 Å². The van der Waals surface area contributed by atoms with Crippen LogP contribution in [0.15, 0.2) is 41.6 Å². The molecule has 0 spiro atoms. The SMILES string of the molecule is O=S(=O)(Nc1cc(F)c(F)c(Nc2ccccc2Cl)c1)N1CCC/C(=N\O)C1. The van der Waals surface area contributed by atoms with E-state index in [0.29, 0.717) is 24.2 Å². The Morgan fingerprint density at radius 2 is 1.93 bits per heavy atom. The lowest BCUT2D eigenvalue weighted by Crippen LogP contribution is -2.43. The molecule has 1 aliphatic rings. The van der Waals surface area contributed by atoms with Gasteiger partial charge in [0.1, 0.15) is 0 Å². The summed E-state index contributed by atoms with van der Waals surface area (Å²) in [7, 11) is -4.06. The third-order valence-electron chi connectivity index (χ3n) is 4.13. The van der Waals surface area contributed by atoms with Crippen molar-refractivity contribution in [2.24, 2.45) is 5.16 Å². The molecular weight excluding hydrogens is 414 g/mol. The van der Waals surface area contributed by atoms with Gasteiger partial charge in [0.05, 0.1) is 34.3 Å². The van der Waals surface area contributed by atoms with Crippen LogP contribution in [-0.2, 0) is 10.2 Å². The molecular formula is C17H17ClF2N4O3S. The third-order valence-corrected chi connectivity index (χ3v) is 5.95. The van der Waals surface area contributed by atoms with E-state index in [1.165, 1.54) is 0 Å². The lowest BCUT2D eigenvalue weighted by Gasteiger charge is -2.26. The summed E-state index contributed by atoms with van der Waals surface area (Å²) in [5.41, 5.74) is 0.217. The van der Waals surface area contributed by atoms with Crippen molar-refractivity contribution in [3.8, 4) is 0 Å². The molecule has 2 aromatic carbocycles. The molecule has 0 saturated carbocycles. The number of hydrogen-bond donors (Lipinski definition) is 3. The first kappa shape index (κ1) is 20.3. The van der Waals surface area contributed by atoms with Gasteiger partial charge in [-0.2, -0.15) is 12.7 Å². The average Bonchev–Trinajstić information content (AvgIpc) is 2.67. The minimum atomic E-state index is -4.06. The first-order chi connectivity index (χ1) is 13.3. The van der Waals surface area contributed by atoms with E-state index in [9.17, 15) is 17.2 Å². The monoisotopic (exact) mass is 430 g/mol. The van der Waals surface area contributed by atoms with Crippen LogP contribution in [0.5, 0.6) is 0 Å². The summed E-state index contributed by atoms with van der Waals surface area (Å²) in [5.74, 6) is -2.40. The molecule has 11 heteroatoms. The summed E-state index contributed by atoms with van der Waals surface area (Å²) in [6, 6.07) is 8.35. The van der Waals surface area contributed by atoms with Gasteiger partial charge in [-0.25, -0.2) is 8.78 Å². The van der Waals surface area contributed by atoms with Crippen molar-refractivity contribution in [1.29, 1.82) is 0 Å². The Balaban J connectivity index is 1.86. The van der Waals surface area contributed by atoms with Crippen molar-refractivity contribution < 1.29 is 22.4 Å². The zero-order valence-corrected chi connectivity index (χ0v) is 16.1. The van der Waals surface area contributed by atoms with Crippen molar-refractivity contribution in [3.05, 3.63) is 53.1 Å². The predicted octanol–water partition coefficient (Wildman–Crippen LogP) is 3.94. The van der Waals surface area contributed by atoms with E-state index in [-0.39, 0.29) is 29.5 Å². The molecule has 1 saturated heterocycles. The summed E-state index contributed by atoms with van der Waals surface area (Å²) in [5, 5.41) is 14.9. The van der Waals surface area contributed by atoms with E-state index in [4.69, 9.17) is 16.8 Å². The number of rotatable bonds is 5. The molecule has 0 radical (unpaired) electrons. The quantitative estimate of drug-likeness (QED) is 0.494. The summed E-state index contributed by atoms with van der Waals surface area (Å²) in [4.78, 5) is 0. The van der Waals surface area contributed by atoms with E-state index >= 15 is 0 Å². The fourth-order valence-corrected chi connectivity index (χ4v) is 4.18. The second-order valence-electron chi connectivity index (χ2n) is 6.13. The number of oxime groups is 1. The highest BCUT2D eigenvalue weighted by atomic mass is 35.5. The maximum Gasteiger partial charge on any atom is 0.301 e. The summed E-state index contributed by atoms with van der Waals surface area (Å²) < 4.78 is 56.6. The lowest BCUT2D eigenvalue weighted by atomic mass is 10.1. The summed E-state index contributed by atoms with van der Waals surface area (Å²) >= 11 is 6.01. The number of nitrogens with one attached hydrogen (secondary N) is 2. The van der Waals surface area contributed by atoms with Crippen LogP contribution in [0.4, 0.5) is 25.8 Å². The molecule has 1 aliphatic heterocycles. The highest BCUT2D eigenvalue weighted by molar-refractivity contribution is 7.90. The molecule has 28 heavy (non-hydrogen) atoms.